The summed E-state index contributed by atoms with van der Waals surface area (Å²) in [4.78, 5) is 2.44. The van der Waals surface area contributed by atoms with Crippen molar-refractivity contribution in [2.75, 3.05) is 12.4 Å². The predicted molar refractivity (Wildman–Crippen MR) is 100 cm³/mol. The maximum absolute atomic E-state index is 12.9. The Labute approximate surface area is 161 Å². The van der Waals surface area contributed by atoms with Crippen LogP contribution in [0.1, 0.15) is 36.8 Å². The Morgan fingerprint density at radius 3 is 2.50 bits per heavy atom. The van der Waals surface area contributed by atoms with Crippen LogP contribution in [-0.4, -0.2) is 45.4 Å². The molecule has 0 amide bonds. The number of halogens is 3. The Bertz CT molecular complexity index is 846. The van der Waals surface area contributed by atoms with Gasteiger partial charge in [-0.25, -0.2) is 0 Å². The average molecular weight is 392 g/mol. The molecular formula is C20H23F3N4O. The van der Waals surface area contributed by atoms with Crippen molar-refractivity contribution in [2.45, 2.75) is 56.9 Å². The van der Waals surface area contributed by atoms with E-state index in [1.165, 1.54) is 19.8 Å². The van der Waals surface area contributed by atoms with Crippen LogP contribution in [0.2, 0.25) is 0 Å². The first-order chi connectivity index (χ1) is 13.2. The number of fused-ring (bicyclic) bond motifs is 2. The zero-order chi connectivity index (χ0) is 20.1. The van der Waals surface area contributed by atoms with Crippen LogP contribution in [0.3, 0.4) is 0 Å². The summed E-state index contributed by atoms with van der Waals surface area (Å²) in [6.07, 6.45) is 0.142. The number of anilines is 1. The minimum atomic E-state index is -4.51. The van der Waals surface area contributed by atoms with E-state index in [1.807, 2.05) is 0 Å². The molecule has 0 saturated carbocycles. The van der Waals surface area contributed by atoms with Gasteiger partial charge in [0.2, 0.25) is 0 Å². The second-order valence-electron chi connectivity index (χ2n) is 7.78. The highest BCUT2D eigenvalue weighted by molar-refractivity contribution is 5.71. The summed E-state index contributed by atoms with van der Waals surface area (Å²) in [6.45, 7) is 1.52. The minimum Gasteiger partial charge on any atom is -0.507 e. The number of aromatic nitrogens is 2. The number of aryl methyl sites for hydroxylation is 1. The minimum absolute atomic E-state index is 0.267. The summed E-state index contributed by atoms with van der Waals surface area (Å²) in [5, 5.41) is 21.9. The first kappa shape index (κ1) is 19.0. The number of piperidine rings is 1. The number of nitrogens with zero attached hydrogens (tertiary/aromatic N) is 3. The number of alkyl halides is 3. The van der Waals surface area contributed by atoms with Crippen LogP contribution in [-0.2, 0) is 6.18 Å². The number of aromatic hydroxyl groups is 1. The number of hydrogen-bond donors (Lipinski definition) is 2. The lowest BCUT2D eigenvalue weighted by molar-refractivity contribution is -0.137. The molecule has 0 radical (unpaired) electrons. The lowest BCUT2D eigenvalue weighted by Gasteiger charge is -2.38. The van der Waals surface area contributed by atoms with Gasteiger partial charge in [-0.2, -0.15) is 13.2 Å². The van der Waals surface area contributed by atoms with Gasteiger partial charge in [-0.15, -0.1) is 10.2 Å². The Hall–Kier alpha value is -2.35. The highest BCUT2D eigenvalue weighted by Crippen LogP contribution is 2.39. The van der Waals surface area contributed by atoms with Crippen molar-refractivity contribution in [3.8, 4) is 17.0 Å². The molecule has 28 heavy (non-hydrogen) atoms. The fourth-order valence-electron chi connectivity index (χ4n) is 4.60. The maximum atomic E-state index is 12.9. The molecule has 2 bridgehead atoms. The SMILES string of the molecule is Cc1cc(C(F)(F)F)cc(O)c1-c1ccc(NC2CCC3CCC2N3C)nn1. The van der Waals surface area contributed by atoms with Gasteiger partial charge < -0.3 is 10.4 Å². The van der Waals surface area contributed by atoms with E-state index in [0.717, 1.165) is 25.0 Å². The molecule has 2 saturated heterocycles. The van der Waals surface area contributed by atoms with E-state index in [9.17, 15) is 18.3 Å². The zero-order valence-corrected chi connectivity index (χ0v) is 15.8. The van der Waals surface area contributed by atoms with Gasteiger partial charge in [0.25, 0.3) is 0 Å². The molecule has 2 aliphatic heterocycles. The van der Waals surface area contributed by atoms with Gasteiger partial charge >= 0.3 is 6.18 Å². The van der Waals surface area contributed by atoms with Crippen molar-refractivity contribution in [1.82, 2.24) is 15.1 Å². The molecule has 3 atom stereocenters. The highest BCUT2D eigenvalue weighted by atomic mass is 19.4. The number of rotatable bonds is 3. The number of nitrogens with one attached hydrogen (secondary N) is 1. The van der Waals surface area contributed by atoms with Gasteiger partial charge in [-0.05, 0) is 69.5 Å². The molecule has 4 rings (SSSR count). The average Bonchev–Trinajstić information content (AvgIpc) is 2.85. The van der Waals surface area contributed by atoms with E-state index < -0.39 is 17.5 Å². The molecular weight excluding hydrogens is 369 g/mol. The van der Waals surface area contributed by atoms with E-state index in [-0.39, 0.29) is 5.56 Å². The molecule has 1 aromatic carbocycles. The lowest BCUT2D eigenvalue weighted by atomic mass is 9.98. The standard InChI is InChI=1S/C20H23F3N4O/c1-11-9-12(20(21,22)23)10-17(28)19(11)15-6-8-18(26-25-15)24-14-5-3-13-4-7-16(14)27(13)2/h6,8-10,13-14,16,28H,3-5,7H2,1-2H3,(H,24,26). The van der Waals surface area contributed by atoms with Crippen LogP contribution >= 0.6 is 0 Å². The Morgan fingerprint density at radius 1 is 1.11 bits per heavy atom. The van der Waals surface area contributed by atoms with E-state index in [0.29, 0.717) is 35.2 Å². The molecule has 0 spiro atoms. The fourth-order valence-corrected chi connectivity index (χ4v) is 4.60. The molecule has 0 aliphatic carbocycles. The summed E-state index contributed by atoms with van der Waals surface area (Å²) >= 11 is 0. The molecule has 3 heterocycles. The van der Waals surface area contributed by atoms with Crippen LogP contribution < -0.4 is 5.32 Å². The lowest BCUT2D eigenvalue weighted by Crippen LogP contribution is -2.48. The van der Waals surface area contributed by atoms with Gasteiger partial charge in [-0.3, -0.25) is 4.90 Å². The van der Waals surface area contributed by atoms with Crippen LogP contribution in [0.5, 0.6) is 5.75 Å². The van der Waals surface area contributed by atoms with E-state index in [4.69, 9.17) is 0 Å². The second-order valence-corrected chi connectivity index (χ2v) is 7.78. The predicted octanol–water partition coefficient (Wildman–Crippen LogP) is 4.21. The van der Waals surface area contributed by atoms with Gasteiger partial charge in [0.05, 0.1) is 11.3 Å². The van der Waals surface area contributed by atoms with Gasteiger partial charge in [0.15, 0.2) is 0 Å². The molecule has 1 aromatic heterocycles. The number of benzene rings is 1. The van der Waals surface area contributed by atoms with Crippen molar-refractivity contribution >= 4 is 5.82 Å². The largest absolute Gasteiger partial charge is 0.507 e. The van der Waals surface area contributed by atoms with Crippen molar-refractivity contribution in [1.29, 1.82) is 0 Å². The summed E-state index contributed by atoms with van der Waals surface area (Å²) < 4.78 is 38.7. The first-order valence-corrected chi connectivity index (χ1v) is 9.47. The van der Waals surface area contributed by atoms with E-state index >= 15 is 0 Å². The van der Waals surface area contributed by atoms with Crippen molar-refractivity contribution in [3.05, 3.63) is 35.4 Å². The Kier molecular flexibility index (Phi) is 4.69. The van der Waals surface area contributed by atoms with Gasteiger partial charge in [0.1, 0.15) is 11.6 Å². The smallest absolute Gasteiger partial charge is 0.416 e. The van der Waals surface area contributed by atoms with Gasteiger partial charge in [-0.1, -0.05) is 0 Å². The quantitative estimate of drug-likeness (QED) is 0.819. The molecule has 150 valence electrons. The van der Waals surface area contributed by atoms with E-state index in [1.54, 1.807) is 12.1 Å². The molecule has 2 fully saturated rings. The molecule has 5 nitrogen and oxygen atoms in total. The second kappa shape index (κ2) is 6.92. The topological polar surface area (TPSA) is 61.3 Å². The van der Waals surface area contributed by atoms with Crippen molar-refractivity contribution in [2.24, 2.45) is 0 Å². The molecule has 2 N–H and O–H groups in total. The Morgan fingerprint density at radius 2 is 1.86 bits per heavy atom. The third kappa shape index (κ3) is 3.41. The third-order valence-corrected chi connectivity index (χ3v) is 6.07. The summed E-state index contributed by atoms with van der Waals surface area (Å²) in [5.41, 5.74) is 0.0288. The Balaban J connectivity index is 1.54. The molecule has 2 aromatic rings. The number of phenolic OH excluding ortho intramolecular Hbond substituents is 1. The maximum Gasteiger partial charge on any atom is 0.416 e. The molecule has 8 heteroatoms. The third-order valence-electron chi connectivity index (χ3n) is 6.07. The first-order valence-electron chi connectivity index (χ1n) is 9.47. The normalized spacial score (nSPS) is 25.1. The summed E-state index contributed by atoms with van der Waals surface area (Å²) in [6, 6.07) is 6.66. The monoisotopic (exact) mass is 392 g/mol. The number of likely N-dealkylation sites (N-methyl/N-ethyl adjacent to an activating group) is 1. The van der Waals surface area contributed by atoms with Gasteiger partial charge in [0, 0.05) is 23.7 Å². The van der Waals surface area contributed by atoms with Crippen LogP contribution in [0.4, 0.5) is 19.0 Å². The van der Waals surface area contributed by atoms with Crippen LogP contribution in [0.25, 0.3) is 11.3 Å². The fraction of sp³-hybridized carbons (Fsp3) is 0.500. The van der Waals surface area contributed by atoms with Crippen molar-refractivity contribution < 1.29 is 18.3 Å². The summed E-state index contributed by atoms with van der Waals surface area (Å²) in [7, 11) is 2.17. The number of hydrogen-bond acceptors (Lipinski definition) is 5. The van der Waals surface area contributed by atoms with Crippen LogP contribution in [0.15, 0.2) is 24.3 Å². The molecule has 3 unspecified atom stereocenters. The van der Waals surface area contributed by atoms with Crippen LogP contribution in [0, 0.1) is 6.92 Å². The number of phenols is 1. The zero-order valence-electron chi connectivity index (χ0n) is 15.8. The highest BCUT2D eigenvalue weighted by Gasteiger charge is 2.40. The summed E-state index contributed by atoms with van der Waals surface area (Å²) in [5.74, 6) is 0.185. The van der Waals surface area contributed by atoms with E-state index in [2.05, 4.69) is 27.5 Å². The van der Waals surface area contributed by atoms with Crippen molar-refractivity contribution in [3.63, 3.8) is 0 Å². The molecule has 2 aliphatic rings.